The second kappa shape index (κ2) is 9.26. The van der Waals surface area contributed by atoms with Crippen molar-refractivity contribution < 1.29 is 14.3 Å². The van der Waals surface area contributed by atoms with Crippen LogP contribution in [-0.2, 0) is 12.1 Å². The van der Waals surface area contributed by atoms with E-state index in [0.29, 0.717) is 24.2 Å². The van der Waals surface area contributed by atoms with Gasteiger partial charge in [0.05, 0.1) is 5.60 Å². The van der Waals surface area contributed by atoms with E-state index in [1.165, 1.54) is 18.5 Å². The number of likely N-dealkylation sites (tertiary alicyclic amines) is 1. The number of piperidine rings is 1. The molecule has 0 radical (unpaired) electrons. The molecule has 0 spiro atoms. The quantitative estimate of drug-likeness (QED) is 0.404. The SMILES string of the molecule is O=C(NC1CCCC1)c1cc2cc(C3(O)CCN(Cc4cccn4-c4nccs4)CC3)ccc2o1. The van der Waals surface area contributed by atoms with Crippen molar-refractivity contribution in [2.75, 3.05) is 13.1 Å². The Morgan fingerprint density at radius 2 is 2.03 bits per heavy atom. The number of amides is 1. The molecule has 35 heavy (non-hydrogen) atoms. The molecule has 0 bridgehead atoms. The molecular weight excluding hydrogens is 460 g/mol. The number of furan rings is 1. The molecule has 182 valence electrons. The fraction of sp³-hybridized carbons (Fsp3) is 0.407. The minimum atomic E-state index is -0.883. The number of benzene rings is 1. The van der Waals surface area contributed by atoms with Crippen molar-refractivity contribution in [3.63, 3.8) is 0 Å². The maximum atomic E-state index is 12.6. The van der Waals surface area contributed by atoms with Gasteiger partial charge in [-0.1, -0.05) is 18.9 Å². The number of nitrogens with one attached hydrogen (secondary N) is 1. The Bertz CT molecular complexity index is 1310. The fourth-order valence-electron chi connectivity index (χ4n) is 5.44. The van der Waals surface area contributed by atoms with Gasteiger partial charge in [-0.25, -0.2) is 4.98 Å². The zero-order valence-corrected chi connectivity index (χ0v) is 20.5. The molecule has 1 aliphatic carbocycles. The molecule has 1 aromatic carbocycles. The molecule has 2 aliphatic rings. The molecule has 2 N–H and O–H groups in total. The molecule has 1 aliphatic heterocycles. The Morgan fingerprint density at radius 3 is 2.80 bits per heavy atom. The van der Waals surface area contributed by atoms with Gasteiger partial charge < -0.3 is 14.8 Å². The summed E-state index contributed by atoms with van der Waals surface area (Å²) in [5, 5.41) is 18.4. The van der Waals surface area contributed by atoms with Gasteiger partial charge >= 0.3 is 0 Å². The van der Waals surface area contributed by atoms with Crippen LogP contribution in [0.15, 0.2) is 58.6 Å². The number of carbonyl (C=O) groups excluding carboxylic acids is 1. The normalized spacial score (nSPS) is 18.9. The Labute approximate surface area is 208 Å². The minimum absolute atomic E-state index is 0.149. The van der Waals surface area contributed by atoms with E-state index in [0.717, 1.165) is 48.6 Å². The van der Waals surface area contributed by atoms with Crippen LogP contribution in [0, 0.1) is 0 Å². The van der Waals surface area contributed by atoms with E-state index in [1.54, 1.807) is 17.4 Å². The summed E-state index contributed by atoms with van der Waals surface area (Å²) in [4.78, 5) is 19.4. The summed E-state index contributed by atoms with van der Waals surface area (Å²) in [7, 11) is 0. The van der Waals surface area contributed by atoms with Gasteiger partial charge in [0.1, 0.15) is 5.58 Å². The molecule has 4 aromatic rings. The molecule has 0 unspecified atom stereocenters. The Hall–Kier alpha value is -2.94. The zero-order chi connectivity index (χ0) is 23.8. The highest BCUT2D eigenvalue weighted by atomic mass is 32.1. The smallest absolute Gasteiger partial charge is 0.287 e. The van der Waals surface area contributed by atoms with Gasteiger partial charge in [-0.2, -0.15) is 0 Å². The van der Waals surface area contributed by atoms with Crippen LogP contribution in [-0.4, -0.2) is 44.6 Å². The number of carbonyl (C=O) groups is 1. The van der Waals surface area contributed by atoms with E-state index in [4.69, 9.17) is 4.42 Å². The van der Waals surface area contributed by atoms with Crippen molar-refractivity contribution in [3.05, 3.63) is 71.2 Å². The number of nitrogens with zero attached hydrogens (tertiary/aromatic N) is 3. The number of aromatic nitrogens is 2. The molecule has 4 heterocycles. The second-order valence-corrected chi connectivity index (χ2v) is 10.7. The van der Waals surface area contributed by atoms with Crippen LogP contribution in [0.25, 0.3) is 16.1 Å². The predicted octanol–water partition coefficient (Wildman–Crippen LogP) is 4.84. The molecule has 1 saturated carbocycles. The maximum Gasteiger partial charge on any atom is 0.287 e. The largest absolute Gasteiger partial charge is 0.451 e. The number of hydrogen-bond donors (Lipinski definition) is 2. The molecule has 1 amide bonds. The van der Waals surface area contributed by atoms with Crippen molar-refractivity contribution in [3.8, 4) is 5.13 Å². The van der Waals surface area contributed by atoms with Crippen molar-refractivity contribution in [1.29, 1.82) is 0 Å². The standard InChI is InChI=1S/C27H30N4O3S/c32-25(29-21-4-1-2-5-21)24-17-19-16-20(7-8-23(19)34-24)27(33)9-13-30(14-10-27)18-22-6-3-12-31(22)26-28-11-15-35-26/h3,6-8,11-12,15-17,21,33H,1-2,4-5,9-10,13-14,18H2,(H,29,32). The molecular formula is C27H30N4O3S. The highest BCUT2D eigenvalue weighted by molar-refractivity contribution is 7.12. The predicted molar refractivity (Wildman–Crippen MR) is 136 cm³/mol. The molecule has 0 atom stereocenters. The van der Waals surface area contributed by atoms with E-state index >= 15 is 0 Å². The molecule has 8 heteroatoms. The Kier molecular flexibility index (Phi) is 5.96. The summed E-state index contributed by atoms with van der Waals surface area (Å²) in [6, 6.07) is 12.0. The van der Waals surface area contributed by atoms with E-state index < -0.39 is 5.60 Å². The lowest BCUT2D eigenvalue weighted by atomic mass is 9.84. The number of thiazole rings is 1. The number of fused-ring (bicyclic) bond motifs is 1. The Balaban J connectivity index is 1.13. The van der Waals surface area contributed by atoms with E-state index in [-0.39, 0.29) is 11.9 Å². The zero-order valence-electron chi connectivity index (χ0n) is 19.7. The lowest BCUT2D eigenvalue weighted by molar-refractivity contribution is -0.0279. The van der Waals surface area contributed by atoms with Gasteiger partial charge in [0.2, 0.25) is 0 Å². The van der Waals surface area contributed by atoms with Crippen molar-refractivity contribution >= 4 is 28.2 Å². The van der Waals surface area contributed by atoms with Crippen LogP contribution >= 0.6 is 11.3 Å². The van der Waals surface area contributed by atoms with Gasteiger partial charge in [-0.3, -0.25) is 14.3 Å². The molecule has 3 aromatic heterocycles. The molecule has 2 fully saturated rings. The summed E-state index contributed by atoms with van der Waals surface area (Å²) in [5.74, 6) is 0.193. The summed E-state index contributed by atoms with van der Waals surface area (Å²) in [6.07, 6.45) is 9.61. The Morgan fingerprint density at radius 1 is 1.20 bits per heavy atom. The first kappa shape index (κ1) is 22.5. The van der Waals surface area contributed by atoms with E-state index in [9.17, 15) is 9.90 Å². The van der Waals surface area contributed by atoms with Crippen molar-refractivity contribution in [2.24, 2.45) is 0 Å². The third-order valence-corrected chi connectivity index (χ3v) is 8.27. The highest BCUT2D eigenvalue weighted by Crippen LogP contribution is 2.35. The lowest BCUT2D eigenvalue weighted by Crippen LogP contribution is -2.42. The fourth-order valence-corrected chi connectivity index (χ4v) is 6.09. The van der Waals surface area contributed by atoms with Gasteiger partial charge in [-0.05, 0) is 61.6 Å². The van der Waals surface area contributed by atoms with Gasteiger partial charge in [0.25, 0.3) is 5.91 Å². The average Bonchev–Trinajstić information content (AvgIpc) is 3.67. The molecule has 7 nitrogen and oxygen atoms in total. The number of hydrogen-bond acceptors (Lipinski definition) is 6. The molecule has 1 saturated heterocycles. The summed E-state index contributed by atoms with van der Waals surface area (Å²) in [6.45, 7) is 2.43. The first-order valence-corrected chi connectivity index (χ1v) is 13.3. The van der Waals surface area contributed by atoms with Crippen LogP contribution in [0.3, 0.4) is 0 Å². The summed E-state index contributed by atoms with van der Waals surface area (Å²) < 4.78 is 7.96. The maximum absolute atomic E-state index is 12.6. The second-order valence-electron chi connectivity index (χ2n) is 9.81. The van der Waals surface area contributed by atoms with Crippen LogP contribution < -0.4 is 5.32 Å². The van der Waals surface area contributed by atoms with E-state index in [1.807, 2.05) is 29.8 Å². The molecule has 6 rings (SSSR count). The average molecular weight is 491 g/mol. The third kappa shape index (κ3) is 4.53. The van der Waals surface area contributed by atoms with Crippen LogP contribution in [0.5, 0.6) is 0 Å². The van der Waals surface area contributed by atoms with Crippen molar-refractivity contribution in [2.45, 2.75) is 56.7 Å². The summed E-state index contributed by atoms with van der Waals surface area (Å²) in [5.41, 5.74) is 1.88. The van der Waals surface area contributed by atoms with Gasteiger partial charge in [0.15, 0.2) is 10.9 Å². The van der Waals surface area contributed by atoms with Crippen LogP contribution in [0.1, 0.15) is 60.3 Å². The topological polar surface area (TPSA) is 83.5 Å². The number of rotatable bonds is 6. The summed E-state index contributed by atoms with van der Waals surface area (Å²) >= 11 is 1.63. The minimum Gasteiger partial charge on any atom is -0.451 e. The van der Waals surface area contributed by atoms with Crippen LogP contribution in [0.2, 0.25) is 0 Å². The van der Waals surface area contributed by atoms with Gasteiger partial charge in [0, 0.05) is 54.5 Å². The monoisotopic (exact) mass is 490 g/mol. The first-order chi connectivity index (χ1) is 17.1. The van der Waals surface area contributed by atoms with E-state index in [2.05, 4.69) is 38.1 Å². The van der Waals surface area contributed by atoms with Gasteiger partial charge in [-0.15, -0.1) is 11.3 Å². The highest BCUT2D eigenvalue weighted by Gasteiger charge is 2.34. The lowest BCUT2D eigenvalue weighted by Gasteiger charge is -2.38. The van der Waals surface area contributed by atoms with Crippen LogP contribution in [0.4, 0.5) is 0 Å². The van der Waals surface area contributed by atoms with Crippen molar-refractivity contribution in [1.82, 2.24) is 19.8 Å². The number of aliphatic hydroxyl groups is 1. The first-order valence-electron chi connectivity index (χ1n) is 12.4. The third-order valence-electron chi connectivity index (χ3n) is 7.50.